The van der Waals surface area contributed by atoms with E-state index >= 15 is 0 Å². The van der Waals surface area contributed by atoms with E-state index in [-0.39, 0.29) is 4.90 Å². The molecule has 91 valence electrons. The van der Waals surface area contributed by atoms with Crippen LogP contribution < -0.4 is 0 Å². The zero-order valence-electron chi connectivity index (χ0n) is 9.45. The van der Waals surface area contributed by atoms with E-state index in [9.17, 15) is 8.42 Å². The predicted octanol–water partition coefficient (Wildman–Crippen LogP) is 2.80. The molecule has 1 radical (unpaired) electrons. The fourth-order valence-corrected chi connectivity index (χ4v) is 2.21. The monoisotopic (exact) mass is 259 g/mol. The Morgan fingerprint density at radius 1 is 0.944 bits per heavy atom. The summed E-state index contributed by atoms with van der Waals surface area (Å²) in [6.07, 6.45) is 4.51. The van der Waals surface area contributed by atoms with E-state index in [4.69, 9.17) is 4.55 Å². The van der Waals surface area contributed by atoms with Crippen LogP contribution in [0.2, 0.25) is 0 Å². The van der Waals surface area contributed by atoms with Crippen LogP contribution in [0.3, 0.4) is 0 Å². The van der Waals surface area contributed by atoms with Gasteiger partial charge in [-0.15, -0.1) is 0 Å². The first-order valence-corrected chi connectivity index (χ1v) is 6.73. The van der Waals surface area contributed by atoms with Gasteiger partial charge in [0.05, 0.1) is 0 Å². The van der Waals surface area contributed by atoms with Crippen LogP contribution in [0.1, 0.15) is 11.1 Å². The molecule has 0 aromatic heterocycles. The summed E-state index contributed by atoms with van der Waals surface area (Å²) in [5.41, 5.74) is 1.24. The lowest BCUT2D eigenvalue weighted by atomic mass is 10.1. The highest BCUT2D eigenvalue weighted by Crippen LogP contribution is 2.17. The van der Waals surface area contributed by atoms with E-state index < -0.39 is 10.1 Å². The van der Waals surface area contributed by atoms with Gasteiger partial charge in [-0.25, -0.2) is 0 Å². The largest absolute Gasteiger partial charge is 0.295 e. The maximum atomic E-state index is 11.2. The minimum Gasteiger partial charge on any atom is -0.282 e. The molecule has 0 bridgehead atoms. The van der Waals surface area contributed by atoms with Gasteiger partial charge in [-0.2, -0.15) is 8.42 Å². The van der Waals surface area contributed by atoms with Gasteiger partial charge in [0, 0.05) is 0 Å². The predicted molar refractivity (Wildman–Crippen MR) is 69.5 cm³/mol. The second-order valence-electron chi connectivity index (χ2n) is 3.67. The van der Waals surface area contributed by atoms with Gasteiger partial charge in [-0.1, -0.05) is 48.5 Å². The lowest BCUT2D eigenvalue weighted by molar-refractivity contribution is 0.483. The van der Waals surface area contributed by atoms with E-state index in [1.165, 1.54) is 6.07 Å². The summed E-state index contributed by atoms with van der Waals surface area (Å²) in [5, 5.41) is 0. The van der Waals surface area contributed by atoms with Crippen molar-refractivity contribution in [3.05, 3.63) is 71.8 Å². The molecule has 2 rings (SSSR count). The Balaban J connectivity index is 2.39. The molecule has 0 amide bonds. The first-order chi connectivity index (χ1) is 8.57. The second kappa shape index (κ2) is 5.16. The molecule has 18 heavy (non-hydrogen) atoms. The fourth-order valence-electron chi connectivity index (χ4n) is 1.53. The van der Waals surface area contributed by atoms with Crippen LogP contribution >= 0.6 is 0 Å². The van der Waals surface area contributed by atoms with Crippen LogP contribution in [0.4, 0.5) is 0 Å². The third-order valence-corrected chi connectivity index (χ3v) is 3.29. The molecule has 0 heterocycles. The first kappa shape index (κ1) is 12.5. The third kappa shape index (κ3) is 3.06. The van der Waals surface area contributed by atoms with E-state index in [2.05, 4.69) is 6.08 Å². The van der Waals surface area contributed by atoms with Crippen LogP contribution in [-0.4, -0.2) is 13.0 Å². The van der Waals surface area contributed by atoms with Crippen molar-refractivity contribution in [2.45, 2.75) is 4.90 Å². The highest BCUT2D eigenvalue weighted by molar-refractivity contribution is 7.85. The van der Waals surface area contributed by atoms with Gasteiger partial charge in [-0.3, -0.25) is 4.55 Å². The lowest BCUT2D eigenvalue weighted by Crippen LogP contribution is -2.00. The summed E-state index contributed by atoms with van der Waals surface area (Å²) < 4.78 is 31.4. The molecule has 0 unspecified atom stereocenters. The summed E-state index contributed by atoms with van der Waals surface area (Å²) >= 11 is 0. The second-order valence-corrected chi connectivity index (χ2v) is 5.06. The normalized spacial score (nSPS) is 11.8. The van der Waals surface area contributed by atoms with Gasteiger partial charge in [-0.05, 0) is 29.3 Å². The molecule has 2 aromatic carbocycles. The van der Waals surface area contributed by atoms with E-state index in [1.54, 1.807) is 24.3 Å². The Morgan fingerprint density at radius 2 is 1.56 bits per heavy atom. The lowest BCUT2D eigenvalue weighted by Gasteiger charge is -2.01. The van der Waals surface area contributed by atoms with Crippen LogP contribution in [-0.2, 0) is 10.1 Å². The minimum atomic E-state index is -4.21. The highest BCUT2D eigenvalue weighted by Gasteiger charge is 2.12. The number of benzene rings is 2. The average Bonchev–Trinajstić information content (AvgIpc) is 2.37. The quantitative estimate of drug-likeness (QED) is 0.681. The third-order valence-electron chi connectivity index (χ3n) is 2.37. The van der Waals surface area contributed by atoms with E-state index in [0.29, 0.717) is 5.56 Å². The average molecular weight is 259 g/mol. The Kier molecular flexibility index (Phi) is 3.60. The Morgan fingerprint density at radius 3 is 2.22 bits per heavy atom. The zero-order chi connectivity index (χ0) is 13.0. The molecule has 0 aliphatic carbocycles. The van der Waals surface area contributed by atoms with Crippen molar-refractivity contribution >= 4 is 16.2 Å². The molecular formula is C14H11O3S. The van der Waals surface area contributed by atoms with Gasteiger partial charge in [0.1, 0.15) is 4.90 Å². The highest BCUT2D eigenvalue weighted by atomic mass is 32.2. The van der Waals surface area contributed by atoms with Gasteiger partial charge in [0.25, 0.3) is 10.1 Å². The minimum absolute atomic E-state index is 0.117. The molecule has 2 aromatic rings. The summed E-state index contributed by atoms with van der Waals surface area (Å²) in [4.78, 5) is -0.117. The number of rotatable bonds is 3. The van der Waals surface area contributed by atoms with Crippen molar-refractivity contribution < 1.29 is 13.0 Å². The molecular weight excluding hydrogens is 248 g/mol. The Hall–Kier alpha value is -1.91. The van der Waals surface area contributed by atoms with Crippen LogP contribution in [0.25, 0.3) is 6.08 Å². The molecule has 0 saturated carbocycles. The zero-order valence-corrected chi connectivity index (χ0v) is 10.3. The fraction of sp³-hybridized carbons (Fsp3) is 0. The van der Waals surface area contributed by atoms with Crippen molar-refractivity contribution in [2.75, 3.05) is 0 Å². The van der Waals surface area contributed by atoms with E-state index in [1.807, 2.05) is 30.3 Å². The maximum absolute atomic E-state index is 11.2. The van der Waals surface area contributed by atoms with Crippen molar-refractivity contribution in [2.24, 2.45) is 0 Å². The van der Waals surface area contributed by atoms with E-state index in [0.717, 1.165) is 5.56 Å². The van der Waals surface area contributed by atoms with Crippen LogP contribution in [0.15, 0.2) is 59.5 Å². The van der Waals surface area contributed by atoms with Crippen LogP contribution in [0, 0.1) is 6.08 Å². The molecule has 3 nitrogen and oxygen atoms in total. The molecule has 0 atom stereocenters. The smallest absolute Gasteiger partial charge is 0.282 e. The van der Waals surface area contributed by atoms with Crippen molar-refractivity contribution in [3.63, 3.8) is 0 Å². The Bertz CT molecular complexity index is 658. The van der Waals surface area contributed by atoms with Gasteiger partial charge in [0.2, 0.25) is 0 Å². The van der Waals surface area contributed by atoms with Crippen molar-refractivity contribution in [3.8, 4) is 0 Å². The molecule has 0 aliphatic heterocycles. The van der Waals surface area contributed by atoms with Gasteiger partial charge < -0.3 is 0 Å². The molecule has 0 fully saturated rings. The summed E-state index contributed by atoms with van der Waals surface area (Å²) in [5.74, 6) is 0. The molecule has 0 spiro atoms. The molecule has 0 aliphatic rings. The van der Waals surface area contributed by atoms with Gasteiger partial charge >= 0.3 is 0 Å². The Labute approximate surface area is 106 Å². The van der Waals surface area contributed by atoms with Crippen molar-refractivity contribution in [1.29, 1.82) is 0 Å². The molecule has 4 heteroatoms. The maximum Gasteiger partial charge on any atom is 0.295 e. The molecule has 1 N–H and O–H groups in total. The first-order valence-electron chi connectivity index (χ1n) is 5.29. The SMILES string of the molecule is O=S(=O)(O)c1ccccc1C=[C]c1ccccc1. The molecule has 0 saturated heterocycles. The summed E-state index contributed by atoms with van der Waals surface area (Å²) in [7, 11) is -4.21. The summed E-state index contributed by atoms with van der Waals surface area (Å²) in [6.45, 7) is 0. The topological polar surface area (TPSA) is 54.4 Å². The van der Waals surface area contributed by atoms with Crippen molar-refractivity contribution in [1.82, 2.24) is 0 Å². The summed E-state index contributed by atoms with van der Waals surface area (Å²) in [6, 6.07) is 15.6. The number of hydrogen-bond acceptors (Lipinski definition) is 2. The standard InChI is InChI=1S/C14H11O3S/c15-18(16,17)14-9-5-4-8-13(14)11-10-12-6-2-1-3-7-12/h1-9,11H,(H,15,16,17). The number of hydrogen-bond donors (Lipinski definition) is 1. The van der Waals surface area contributed by atoms with Gasteiger partial charge in [0.15, 0.2) is 0 Å². The van der Waals surface area contributed by atoms with Crippen LogP contribution in [0.5, 0.6) is 0 Å².